The first-order valence-corrected chi connectivity index (χ1v) is 6.51. The highest BCUT2D eigenvalue weighted by atomic mass is 16.5. The number of ether oxygens (including phenoxy) is 1. The fraction of sp³-hybridized carbons (Fsp3) is 0.692. The third-order valence-corrected chi connectivity index (χ3v) is 3.73. The molecule has 2 aliphatic rings. The molecule has 2 amide bonds. The Morgan fingerprint density at radius 1 is 1.42 bits per heavy atom. The van der Waals surface area contributed by atoms with E-state index in [-0.39, 0.29) is 25.3 Å². The monoisotopic (exact) mass is 268 g/mol. The van der Waals surface area contributed by atoms with Gasteiger partial charge >= 0.3 is 12.0 Å². The van der Waals surface area contributed by atoms with Gasteiger partial charge in [0.15, 0.2) is 0 Å². The lowest BCUT2D eigenvalue weighted by atomic mass is 10.0. The first kappa shape index (κ1) is 13.9. The summed E-state index contributed by atoms with van der Waals surface area (Å²) in [7, 11) is 1.65. The standard InChI is InChI=1S/C13H20N2O4/c1-3-6-15(9-4-5-9)13(18)14(2)11-8-19-7-10(11)12(16)17/h3,9-11H,1,4-8H2,2H3,(H,16,17). The van der Waals surface area contributed by atoms with Crippen molar-refractivity contribution < 1.29 is 19.4 Å². The van der Waals surface area contributed by atoms with Crippen molar-refractivity contribution in [2.75, 3.05) is 26.8 Å². The Balaban J connectivity index is 2.04. The summed E-state index contributed by atoms with van der Waals surface area (Å²) >= 11 is 0. The van der Waals surface area contributed by atoms with Gasteiger partial charge in [-0.25, -0.2) is 4.79 Å². The van der Waals surface area contributed by atoms with E-state index >= 15 is 0 Å². The molecule has 1 heterocycles. The Kier molecular flexibility index (Phi) is 4.09. The maximum atomic E-state index is 12.4. The number of carbonyl (C=O) groups is 2. The Bertz CT molecular complexity index is 381. The Labute approximate surface area is 112 Å². The molecule has 0 spiro atoms. The van der Waals surface area contributed by atoms with Crippen molar-refractivity contribution in [1.82, 2.24) is 9.80 Å². The van der Waals surface area contributed by atoms with E-state index in [0.717, 1.165) is 12.8 Å². The molecule has 1 aliphatic carbocycles. The van der Waals surface area contributed by atoms with E-state index in [1.165, 1.54) is 4.90 Å². The van der Waals surface area contributed by atoms with Gasteiger partial charge in [-0.1, -0.05) is 6.08 Å². The zero-order valence-corrected chi connectivity index (χ0v) is 11.1. The van der Waals surface area contributed by atoms with Crippen LogP contribution in [0.25, 0.3) is 0 Å². The minimum atomic E-state index is -0.913. The van der Waals surface area contributed by atoms with Gasteiger partial charge in [0, 0.05) is 19.6 Å². The van der Waals surface area contributed by atoms with E-state index in [1.807, 2.05) is 0 Å². The van der Waals surface area contributed by atoms with E-state index in [2.05, 4.69) is 6.58 Å². The molecule has 0 aromatic rings. The molecule has 1 saturated carbocycles. The molecule has 6 heteroatoms. The summed E-state index contributed by atoms with van der Waals surface area (Å²) in [5.74, 6) is -1.55. The number of likely N-dealkylation sites (N-methyl/N-ethyl adjacent to an activating group) is 1. The predicted octanol–water partition coefficient (Wildman–Crippen LogP) is 0.788. The fourth-order valence-corrected chi connectivity index (χ4v) is 2.41. The molecule has 1 saturated heterocycles. The number of urea groups is 1. The van der Waals surface area contributed by atoms with Crippen LogP contribution in [0.5, 0.6) is 0 Å². The topological polar surface area (TPSA) is 70.1 Å². The van der Waals surface area contributed by atoms with Gasteiger partial charge in [0.2, 0.25) is 0 Å². The molecule has 106 valence electrons. The predicted molar refractivity (Wildman–Crippen MR) is 68.8 cm³/mol. The van der Waals surface area contributed by atoms with Gasteiger partial charge < -0.3 is 19.6 Å². The smallest absolute Gasteiger partial charge is 0.320 e. The summed E-state index contributed by atoms with van der Waals surface area (Å²) < 4.78 is 5.20. The van der Waals surface area contributed by atoms with Crippen LogP contribution in [0.1, 0.15) is 12.8 Å². The van der Waals surface area contributed by atoms with Crippen LogP contribution in [0.3, 0.4) is 0 Å². The summed E-state index contributed by atoms with van der Waals surface area (Å²) in [6.45, 7) is 4.61. The molecule has 1 aliphatic heterocycles. The van der Waals surface area contributed by atoms with Crippen molar-refractivity contribution >= 4 is 12.0 Å². The highest BCUT2D eigenvalue weighted by Gasteiger charge is 2.41. The second-order valence-electron chi connectivity index (χ2n) is 5.12. The number of rotatable bonds is 5. The SMILES string of the molecule is C=CCN(C(=O)N(C)C1COCC1C(=O)O)C1CC1. The van der Waals surface area contributed by atoms with Gasteiger partial charge in [0.1, 0.15) is 5.92 Å². The largest absolute Gasteiger partial charge is 0.481 e. The van der Waals surface area contributed by atoms with E-state index < -0.39 is 17.9 Å². The first-order valence-electron chi connectivity index (χ1n) is 6.51. The number of carbonyl (C=O) groups excluding carboxylic acids is 1. The van der Waals surface area contributed by atoms with Gasteiger partial charge in [-0.05, 0) is 12.8 Å². The molecule has 2 atom stereocenters. The molecule has 2 rings (SSSR count). The van der Waals surface area contributed by atoms with Crippen LogP contribution in [0.4, 0.5) is 4.79 Å². The third kappa shape index (κ3) is 2.89. The van der Waals surface area contributed by atoms with Gasteiger partial charge in [0.05, 0.1) is 19.3 Å². The second-order valence-corrected chi connectivity index (χ2v) is 5.12. The number of amides is 2. The fourth-order valence-electron chi connectivity index (χ4n) is 2.41. The molecular weight excluding hydrogens is 248 g/mol. The van der Waals surface area contributed by atoms with Crippen molar-refractivity contribution in [1.29, 1.82) is 0 Å². The lowest BCUT2D eigenvalue weighted by Crippen LogP contribution is -2.50. The summed E-state index contributed by atoms with van der Waals surface area (Å²) in [5, 5.41) is 9.13. The lowest BCUT2D eigenvalue weighted by Gasteiger charge is -2.32. The van der Waals surface area contributed by atoms with Crippen LogP contribution in [0.2, 0.25) is 0 Å². The van der Waals surface area contributed by atoms with Crippen molar-refractivity contribution in [2.45, 2.75) is 24.9 Å². The van der Waals surface area contributed by atoms with Crippen LogP contribution < -0.4 is 0 Å². The zero-order valence-electron chi connectivity index (χ0n) is 11.1. The molecule has 1 N–H and O–H groups in total. The molecule has 2 fully saturated rings. The lowest BCUT2D eigenvalue weighted by molar-refractivity contribution is -0.142. The van der Waals surface area contributed by atoms with Crippen LogP contribution in [0, 0.1) is 5.92 Å². The number of hydrogen-bond donors (Lipinski definition) is 1. The van der Waals surface area contributed by atoms with Crippen LogP contribution >= 0.6 is 0 Å². The van der Waals surface area contributed by atoms with Gasteiger partial charge in [-0.2, -0.15) is 0 Å². The number of carboxylic acids is 1. The normalized spacial score (nSPS) is 25.9. The minimum absolute atomic E-state index is 0.135. The summed E-state index contributed by atoms with van der Waals surface area (Å²) in [4.78, 5) is 26.8. The maximum Gasteiger partial charge on any atom is 0.320 e. The summed E-state index contributed by atoms with van der Waals surface area (Å²) in [6.07, 6.45) is 3.72. The molecule has 19 heavy (non-hydrogen) atoms. The number of hydrogen-bond acceptors (Lipinski definition) is 3. The molecule has 6 nitrogen and oxygen atoms in total. The first-order chi connectivity index (χ1) is 9.06. The van der Waals surface area contributed by atoms with E-state index in [4.69, 9.17) is 9.84 Å². The highest BCUT2D eigenvalue weighted by molar-refractivity contribution is 5.78. The molecular formula is C13H20N2O4. The van der Waals surface area contributed by atoms with E-state index in [0.29, 0.717) is 6.54 Å². The maximum absolute atomic E-state index is 12.4. The average molecular weight is 268 g/mol. The van der Waals surface area contributed by atoms with Gasteiger partial charge in [0.25, 0.3) is 0 Å². The van der Waals surface area contributed by atoms with Crippen LogP contribution in [-0.2, 0) is 9.53 Å². The van der Waals surface area contributed by atoms with Crippen molar-refractivity contribution in [2.24, 2.45) is 5.92 Å². The van der Waals surface area contributed by atoms with Crippen molar-refractivity contribution in [3.05, 3.63) is 12.7 Å². The van der Waals surface area contributed by atoms with Gasteiger partial charge in [-0.15, -0.1) is 6.58 Å². The minimum Gasteiger partial charge on any atom is -0.481 e. The van der Waals surface area contributed by atoms with Crippen molar-refractivity contribution in [3.63, 3.8) is 0 Å². The van der Waals surface area contributed by atoms with E-state index in [9.17, 15) is 9.59 Å². The Hall–Kier alpha value is -1.56. The molecule has 0 aromatic heterocycles. The zero-order chi connectivity index (χ0) is 14.0. The van der Waals surface area contributed by atoms with Crippen molar-refractivity contribution in [3.8, 4) is 0 Å². The Morgan fingerprint density at radius 2 is 2.11 bits per heavy atom. The molecule has 0 bridgehead atoms. The highest BCUT2D eigenvalue weighted by Crippen LogP contribution is 2.29. The molecule has 0 radical (unpaired) electrons. The number of carboxylic acid groups (broad SMARTS) is 1. The average Bonchev–Trinajstić information content (AvgIpc) is 3.09. The number of aliphatic carboxylic acids is 1. The van der Waals surface area contributed by atoms with E-state index in [1.54, 1.807) is 18.0 Å². The summed E-state index contributed by atoms with van der Waals surface area (Å²) in [5.41, 5.74) is 0. The molecule has 2 unspecified atom stereocenters. The quantitative estimate of drug-likeness (QED) is 0.748. The number of nitrogens with zero attached hydrogens (tertiary/aromatic N) is 2. The second kappa shape index (κ2) is 5.61. The molecule has 0 aromatic carbocycles. The third-order valence-electron chi connectivity index (χ3n) is 3.73. The van der Waals surface area contributed by atoms with Crippen LogP contribution in [0.15, 0.2) is 12.7 Å². The van der Waals surface area contributed by atoms with Gasteiger partial charge in [-0.3, -0.25) is 4.79 Å². The summed E-state index contributed by atoms with van der Waals surface area (Å²) in [6, 6.07) is -0.251. The van der Waals surface area contributed by atoms with Crippen LogP contribution in [-0.4, -0.2) is 65.8 Å². The Morgan fingerprint density at radius 3 is 2.63 bits per heavy atom.